The smallest absolute Gasteiger partial charge is 0.244 e. The number of hydrogen-bond donors (Lipinski definition) is 1. The molecule has 1 N–H and O–H groups in total. The Bertz CT molecular complexity index is 1090. The van der Waals surface area contributed by atoms with Gasteiger partial charge in [0.15, 0.2) is 0 Å². The molecule has 4 fully saturated rings. The van der Waals surface area contributed by atoms with Gasteiger partial charge in [0.1, 0.15) is 5.69 Å². The van der Waals surface area contributed by atoms with Crippen LogP contribution in [0.3, 0.4) is 0 Å². The van der Waals surface area contributed by atoms with Crippen molar-refractivity contribution in [1.82, 2.24) is 14.9 Å². The fourth-order valence-corrected chi connectivity index (χ4v) is 6.72. The molecule has 0 saturated heterocycles. The Balaban J connectivity index is 1.29. The largest absolute Gasteiger partial charge is 0.347 e. The lowest BCUT2D eigenvalue weighted by Gasteiger charge is -2.56. The summed E-state index contributed by atoms with van der Waals surface area (Å²) in [6.45, 7) is 0. The van der Waals surface area contributed by atoms with Crippen molar-refractivity contribution in [3.8, 4) is 11.3 Å². The number of hydrogen-bond acceptors (Lipinski definition) is 2. The minimum Gasteiger partial charge on any atom is -0.347 e. The number of benzene rings is 1. The molecule has 1 aromatic carbocycles. The highest BCUT2D eigenvalue weighted by Crippen LogP contribution is 2.55. The lowest BCUT2D eigenvalue weighted by Crippen LogP contribution is -2.59. The van der Waals surface area contributed by atoms with Crippen LogP contribution in [0.15, 0.2) is 60.8 Å². The van der Waals surface area contributed by atoms with Crippen molar-refractivity contribution in [1.29, 1.82) is 0 Å². The molecule has 152 valence electrons. The molecule has 4 saturated carbocycles. The summed E-state index contributed by atoms with van der Waals surface area (Å²) in [6, 6.07) is 16.2. The molecule has 30 heavy (non-hydrogen) atoms. The Morgan fingerprint density at radius 2 is 1.63 bits per heavy atom. The first-order valence-electron chi connectivity index (χ1n) is 11.2. The molecule has 0 aliphatic heterocycles. The predicted octanol–water partition coefficient (Wildman–Crippen LogP) is 5.10. The summed E-state index contributed by atoms with van der Waals surface area (Å²) in [6.07, 6.45) is 13.3. The maximum Gasteiger partial charge on any atom is 0.244 e. The number of carbonyl (C=O) groups is 1. The number of carbonyl (C=O) groups excluding carboxylic acids is 1. The van der Waals surface area contributed by atoms with E-state index in [1.807, 2.05) is 47.1 Å². The molecule has 4 heteroatoms. The molecule has 1 amide bonds. The molecule has 0 spiro atoms. The van der Waals surface area contributed by atoms with Gasteiger partial charge in [-0.15, -0.1) is 0 Å². The molecule has 4 bridgehead atoms. The van der Waals surface area contributed by atoms with Gasteiger partial charge in [-0.3, -0.25) is 4.79 Å². The fraction of sp³-hybridized carbons (Fsp3) is 0.385. The second-order valence-electron chi connectivity index (χ2n) is 9.68. The van der Waals surface area contributed by atoms with Crippen LogP contribution < -0.4 is 5.32 Å². The minimum atomic E-state index is 0.0336. The Labute approximate surface area is 177 Å². The normalized spacial score (nSPS) is 29.7. The molecule has 4 nitrogen and oxygen atoms in total. The van der Waals surface area contributed by atoms with Gasteiger partial charge in [-0.25, -0.2) is 4.52 Å². The zero-order chi connectivity index (χ0) is 20.1. The van der Waals surface area contributed by atoms with E-state index in [1.165, 1.54) is 38.5 Å². The highest BCUT2D eigenvalue weighted by atomic mass is 16.1. The molecule has 2 aromatic heterocycles. The fourth-order valence-electron chi connectivity index (χ4n) is 6.72. The highest BCUT2D eigenvalue weighted by Gasteiger charge is 2.51. The van der Waals surface area contributed by atoms with Crippen molar-refractivity contribution < 1.29 is 4.79 Å². The van der Waals surface area contributed by atoms with E-state index in [4.69, 9.17) is 5.10 Å². The first-order valence-corrected chi connectivity index (χ1v) is 11.2. The van der Waals surface area contributed by atoms with Crippen molar-refractivity contribution in [3.05, 3.63) is 66.4 Å². The summed E-state index contributed by atoms with van der Waals surface area (Å²) in [7, 11) is 0. The topological polar surface area (TPSA) is 46.4 Å². The van der Waals surface area contributed by atoms with Crippen LogP contribution in [0.1, 0.15) is 44.1 Å². The number of nitrogens with zero attached hydrogens (tertiary/aromatic N) is 2. The summed E-state index contributed by atoms with van der Waals surface area (Å²) in [5.41, 5.74) is 4.00. The molecule has 0 atom stereocenters. The van der Waals surface area contributed by atoms with Crippen LogP contribution in [-0.2, 0) is 4.79 Å². The maximum atomic E-state index is 13.0. The summed E-state index contributed by atoms with van der Waals surface area (Å²) < 4.78 is 1.89. The second kappa shape index (κ2) is 6.83. The molecular weight excluding hydrogens is 370 g/mol. The third kappa shape index (κ3) is 3.06. The molecule has 7 rings (SSSR count). The van der Waals surface area contributed by atoms with Gasteiger partial charge in [0.2, 0.25) is 5.91 Å². The van der Waals surface area contributed by atoms with Crippen LogP contribution in [0.4, 0.5) is 0 Å². The third-order valence-electron chi connectivity index (χ3n) is 7.45. The average Bonchev–Trinajstić information content (AvgIpc) is 3.10. The Morgan fingerprint density at radius 1 is 0.967 bits per heavy atom. The molecule has 2 heterocycles. The van der Waals surface area contributed by atoms with E-state index >= 15 is 0 Å². The first-order chi connectivity index (χ1) is 14.7. The lowest BCUT2D eigenvalue weighted by atomic mass is 9.53. The van der Waals surface area contributed by atoms with Gasteiger partial charge in [-0.05, 0) is 74.5 Å². The van der Waals surface area contributed by atoms with E-state index in [-0.39, 0.29) is 11.4 Å². The van der Waals surface area contributed by atoms with E-state index in [2.05, 4.69) is 23.5 Å². The highest BCUT2D eigenvalue weighted by molar-refractivity contribution is 5.95. The summed E-state index contributed by atoms with van der Waals surface area (Å²) in [5.74, 6) is 2.51. The van der Waals surface area contributed by atoms with Gasteiger partial charge in [0.05, 0.1) is 5.52 Å². The Morgan fingerprint density at radius 3 is 2.33 bits per heavy atom. The summed E-state index contributed by atoms with van der Waals surface area (Å²) in [4.78, 5) is 13.0. The Hall–Kier alpha value is -2.88. The van der Waals surface area contributed by atoms with Crippen LogP contribution in [0.5, 0.6) is 0 Å². The van der Waals surface area contributed by atoms with Crippen molar-refractivity contribution in [2.24, 2.45) is 17.8 Å². The number of rotatable bonds is 4. The van der Waals surface area contributed by atoms with Crippen LogP contribution in [-0.4, -0.2) is 21.1 Å². The second-order valence-corrected chi connectivity index (χ2v) is 9.68. The monoisotopic (exact) mass is 397 g/mol. The van der Waals surface area contributed by atoms with Crippen molar-refractivity contribution >= 4 is 17.5 Å². The number of amides is 1. The predicted molar refractivity (Wildman–Crippen MR) is 119 cm³/mol. The number of nitrogens with one attached hydrogen (secondary N) is 1. The molecule has 3 aromatic rings. The zero-order valence-electron chi connectivity index (χ0n) is 17.1. The summed E-state index contributed by atoms with van der Waals surface area (Å²) in [5, 5.41) is 8.22. The van der Waals surface area contributed by atoms with Crippen LogP contribution >= 0.6 is 0 Å². The van der Waals surface area contributed by atoms with Crippen molar-refractivity contribution in [2.75, 3.05) is 0 Å². The van der Waals surface area contributed by atoms with Gasteiger partial charge in [0.25, 0.3) is 0 Å². The Kier molecular flexibility index (Phi) is 4.08. The van der Waals surface area contributed by atoms with Crippen LogP contribution in [0.2, 0.25) is 0 Å². The van der Waals surface area contributed by atoms with E-state index in [0.29, 0.717) is 0 Å². The average molecular weight is 398 g/mol. The van der Waals surface area contributed by atoms with E-state index < -0.39 is 0 Å². The van der Waals surface area contributed by atoms with Gasteiger partial charge in [-0.2, -0.15) is 5.10 Å². The standard InChI is InChI=1S/C26H27N3O/c30-24(27-26-15-18-12-19(16-26)14-20(13-18)17-26)10-9-22-23-8-4-5-11-29(23)28-25(22)21-6-2-1-3-7-21/h1-11,18-20H,12-17H2,(H,27,30). The maximum absolute atomic E-state index is 13.0. The number of aromatic nitrogens is 2. The lowest BCUT2D eigenvalue weighted by molar-refractivity contribution is -0.122. The van der Waals surface area contributed by atoms with Crippen molar-refractivity contribution in [3.63, 3.8) is 0 Å². The molecule has 0 radical (unpaired) electrons. The number of fused-ring (bicyclic) bond motifs is 1. The van der Waals surface area contributed by atoms with E-state index in [9.17, 15) is 4.79 Å². The number of pyridine rings is 1. The third-order valence-corrected chi connectivity index (χ3v) is 7.45. The van der Waals surface area contributed by atoms with E-state index in [0.717, 1.165) is 40.1 Å². The zero-order valence-corrected chi connectivity index (χ0v) is 17.1. The summed E-state index contributed by atoms with van der Waals surface area (Å²) >= 11 is 0. The van der Waals surface area contributed by atoms with E-state index in [1.54, 1.807) is 6.08 Å². The first kappa shape index (κ1) is 17.9. The SMILES string of the molecule is O=C(C=Cc1c(-c2ccccc2)nn2ccccc12)NC12CC3CC(CC(C3)C1)C2. The van der Waals surface area contributed by atoms with Crippen LogP contribution in [0, 0.1) is 17.8 Å². The van der Waals surface area contributed by atoms with Gasteiger partial charge >= 0.3 is 0 Å². The molecule has 0 unspecified atom stereocenters. The van der Waals surface area contributed by atoms with Gasteiger partial charge in [0, 0.05) is 28.9 Å². The van der Waals surface area contributed by atoms with Crippen LogP contribution in [0.25, 0.3) is 22.9 Å². The quantitative estimate of drug-likeness (QED) is 0.623. The molecule has 4 aliphatic carbocycles. The molecular formula is C26H27N3O. The van der Waals surface area contributed by atoms with Gasteiger partial charge < -0.3 is 5.32 Å². The minimum absolute atomic E-state index is 0.0336. The van der Waals surface area contributed by atoms with Crippen molar-refractivity contribution in [2.45, 2.75) is 44.1 Å². The van der Waals surface area contributed by atoms with Gasteiger partial charge in [-0.1, -0.05) is 36.4 Å². The molecule has 4 aliphatic rings.